The monoisotopic (exact) mass is 324 g/mol. The molecule has 2 aromatic heterocycles. The number of nitrogens with one attached hydrogen (secondary N) is 1. The van der Waals surface area contributed by atoms with E-state index in [1.165, 1.54) is 12.5 Å². The van der Waals surface area contributed by atoms with Crippen molar-refractivity contribution in [3.05, 3.63) is 76.5 Å². The van der Waals surface area contributed by atoms with Gasteiger partial charge in [-0.3, -0.25) is 14.8 Å². The molecule has 8 heteroatoms. The molecular weight excluding hydrogens is 308 g/mol. The van der Waals surface area contributed by atoms with Crippen molar-refractivity contribution in [3.63, 3.8) is 0 Å². The fourth-order valence-electron chi connectivity index (χ4n) is 2.43. The lowest BCUT2D eigenvalue weighted by Crippen LogP contribution is -2.18. The molecule has 24 heavy (non-hydrogen) atoms. The summed E-state index contributed by atoms with van der Waals surface area (Å²) in [5.74, 6) is 0.576. The van der Waals surface area contributed by atoms with E-state index in [9.17, 15) is 10.1 Å². The topological polar surface area (TPSA) is 98.8 Å². The number of pyridine rings is 1. The number of hydrogen-bond donors (Lipinski definition) is 1. The minimum Gasteiger partial charge on any atom is -0.361 e. The molecular formula is C16H16N6O2. The van der Waals surface area contributed by atoms with Crippen LogP contribution in [0.5, 0.6) is 0 Å². The normalized spacial score (nSPS) is 11.9. The maximum atomic E-state index is 10.9. The molecule has 0 saturated heterocycles. The number of nitro groups is 1. The first-order valence-corrected chi connectivity index (χ1v) is 7.38. The first-order chi connectivity index (χ1) is 11.6. The number of aryl methyl sites for hydroxylation is 1. The Morgan fingerprint density at radius 2 is 2.12 bits per heavy atom. The van der Waals surface area contributed by atoms with Gasteiger partial charge in [0, 0.05) is 5.56 Å². The minimum absolute atomic E-state index is 0.00749. The summed E-state index contributed by atoms with van der Waals surface area (Å²) in [6.45, 7) is 2.25. The van der Waals surface area contributed by atoms with Crippen molar-refractivity contribution in [1.29, 1.82) is 0 Å². The molecule has 0 aliphatic rings. The summed E-state index contributed by atoms with van der Waals surface area (Å²) in [7, 11) is 0. The van der Waals surface area contributed by atoms with Crippen LogP contribution in [0.2, 0.25) is 0 Å². The predicted molar refractivity (Wildman–Crippen MR) is 88.5 cm³/mol. The highest BCUT2D eigenvalue weighted by atomic mass is 16.6. The van der Waals surface area contributed by atoms with E-state index in [4.69, 9.17) is 0 Å². The molecule has 1 N–H and O–H groups in total. The third kappa shape index (κ3) is 3.54. The largest absolute Gasteiger partial charge is 0.361 e. The van der Waals surface area contributed by atoms with Crippen LogP contribution in [0.3, 0.4) is 0 Å². The van der Waals surface area contributed by atoms with E-state index in [0.717, 1.165) is 5.56 Å². The Bertz CT molecular complexity index is 820. The van der Waals surface area contributed by atoms with Crippen LogP contribution in [0.4, 0.5) is 11.5 Å². The maximum Gasteiger partial charge on any atom is 0.290 e. The van der Waals surface area contributed by atoms with E-state index in [-0.39, 0.29) is 11.7 Å². The highest BCUT2D eigenvalue weighted by molar-refractivity contribution is 5.48. The van der Waals surface area contributed by atoms with Gasteiger partial charge >= 0.3 is 0 Å². The molecule has 8 nitrogen and oxygen atoms in total. The summed E-state index contributed by atoms with van der Waals surface area (Å²) >= 11 is 0. The summed E-state index contributed by atoms with van der Waals surface area (Å²) in [6.07, 6.45) is 4.40. The van der Waals surface area contributed by atoms with Crippen molar-refractivity contribution >= 4 is 11.5 Å². The van der Waals surface area contributed by atoms with Crippen molar-refractivity contribution in [2.24, 2.45) is 0 Å². The van der Waals surface area contributed by atoms with Crippen molar-refractivity contribution < 1.29 is 4.92 Å². The Balaban J connectivity index is 1.86. The fourth-order valence-corrected chi connectivity index (χ4v) is 2.43. The smallest absolute Gasteiger partial charge is 0.290 e. The SMILES string of the molecule is Cc1cc(N[C@H](Cn2cncn2)c2ccccc2)ncc1[N+](=O)[O-]. The van der Waals surface area contributed by atoms with E-state index >= 15 is 0 Å². The zero-order valence-corrected chi connectivity index (χ0v) is 13.0. The molecule has 1 atom stereocenters. The molecule has 3 aromatic rings. The van der Waals surface area contributed by atoms with Gasteiger partial charge in [-0.15, -0.1) is 0 Å². The van der Waals surface area contributed by atoms with Crippen LogP contribution in [-0.2, 0) is 6.54 Å². The first-order valence-electron chi connectivity index (χ1n) is 7.38. The zero-order valence-electron chi connectivity index (χ0n) is 13.0. The number of aromatic nitrogens is 4. The Morgan fingerprint density at radius 3 is 2.75 bits per heavy atom. The van der Waals surface area contributed by atoms with Gasteiger partial charge in [-0.1, -0.05) is 30.3 Å². The Morgan fingerprint density at radius 1 is 1.33 bits per heavy atom. The Kier molecular flexibility index (Phi) is 4.46. The van der Waals surface area contributed by atoms with Gasteiger partial charge in [0.25, 0.3) is 5.69 Å². The molecule has 122 valence electrons. The lowest BCUT2D eigenvalue weighted by molar-refractivity contribution is -0.385. The molecule has 0 saturated carbocycles. The van der Waals surface area contributed by atoms with E-state index in [2.05, 4.69) is 20.4 Å². The number of hydrogen-bond acceptors (Lipinski definition) is 6. The summed E-state index contributed by atoms with van der Waals surface area (Å²) < 4.78 is 1.73. The van der Waals surface area contributed by atoms with E-state index < -0.39 is 4.92 Å². The summed E-state index contributed by atoms with van der Waals surface area (Å²) in [6, 6.07) is 11.5. The van der Waals surface area contributed by atoms with Gasteiger partial charge in [0.15, 0.2) is 0 Å². The fraction of sp³-hybridized carbons (Fsp3) is 0.188. The second kappa shape index (κ2) is 6.86. The number of benzene rings is 1. The maximum absolute atomic E-state index is 10.9. The van der Waals surface area contributed by atoms with Crippen molar-refractivity contribution in [2.75, 3.05) is 5.32 Å². The molecule has 0 unspecified atom stereocenters. The van der Waals surface area contributed by atoms with Gasteiger partial charge in [-0.25, -0.2) is 9.97 Å². The third-order valence-corrected chi connectivity index (χ3v) is 3.64. The second-order valence-corrected chi connectivity index (χ2v) is 5.34. The lowest BCUT2D eigenvalue weighted by atomic mass is 10.1. The Labute approximate surface area is 138 Å². The lowest BCUT2D eigenvalue weighted by Gasteiger charge is -2.20. The zero-order chi connectivity index (χ0) is 16.9. The molecule has 3 rings (SSSR count). The van der Waals surface area contributed by atoms with Crippen LogP contribution in [0.25, 0.3) is 0 Å². The van der Waals surface area contributed by atoms with Gasteiger partial charge in [-0.05, 0) is 18.6 Å². The van der Waals surface area contributed by atoms with E-state index in [1.54, 1.807) is 24.0 Å². The average Bonchev–Trinajstić information content (AvgIpc) is 3.08. The second-order valence-electron chi connectivity index (χ2n) is 5.34. The number of rotatable bonds is 6. The molecule has 0 spiro atoms. The van der Waals surface area contributed by atoms with Crippen LogP contribution in [0.1, 0.15) is 17.2 Å². The van der Waals surface area contributed by atoms with Crippen LogP contribution in [-0.4, -0.2) is 24.7 Å². The van der Waals surface area contributed by atoms with Crippen molar-refractivity contribution in [3.8, 4) is 0 Å². The summed E-state index contributed by atoms with van der Waals surface area (Å²) in [4.78, 5) is 18.6. The molecule has 0 aliphatic heterocycles. The number of anilines is 1. The molecule has 0 aliphatic carbocycles. The molecule has 2 heterocycles. The minimum atomic E-state index is -0.434. The molecule has 1 aromatic carbocycles. The van der Waals surface area contributed by atoms with Gasteiger partial charge in [-0.2, -0.15) is 5.10 Å². The summed E-state index contributed by atoms with van der Waals surface area (Å²) in [5, 5.41) is 18.4. The number of nitrogens with zero attached hydrogens (tertiary/aromatic N) is 5. The van der Waals surface area contributed by atoms with Crippen LogP contribution in [0.15, 0.2) is 55.2 Å². The van der Waals surface area contributed by atoms with Crippen molar-refractivity contribution in [2.45, 2.75) is 19.5 Å². The molecule has 0 bridgehead atoms. The van der Waals surface area contributed by atoms with E-state index in [1.807, 2.05) is 30.3 Å². The predicted octanol–water partition coefficient (Wildman–Crippen LogP) is 2.74. The average molecular weight is 324 g/mol. The van der Waals surface area contributed by atoms with Crippen LogP contribution in [0, 0.1) is 17.0 Å². The molecule has 0 fully saturated rings. The Hall–Kier alpha value is -3.29. The van der Waals surface area contributed by atoms with Gasteiger partial charge in [0.1, 0.15) is 24.7 Å². The van der Waals surface area contributed by atoms with Crippen LogP contribution < -0.4 is 5.32 Å². The third-order valence-electron chi connectivity index (χ3n) is 3.64. The quantitative estimate of drug-likeness (QED) is 0.553. The summed E-state index contributed by atoms with van der Waals surface area (Å²) in [5.41, 5.74) is 1.63. The van der Waals surface area contributed by atoms with E-state index in [0.29, 0.717) is 17.9 Å². The highest BCUT2D eigenvalue weighted by Crippen LogP contribution is 2.23. The molecule has 0 amide bonds. The van der Waals surface area contributed by atoms with Gasteiger partial charge < -0.3 is 5.32 Å². The van der Waals surface area contributed by atoms with Gasteiger partial charge in [0.2, 0.25) is 0 Å². The standard InChI is InChI=1S/C16H16N6O2/c1-12-7-16(18-8-15(12)22(23)24)20-14(9-21-11-17-10-19-21)13-5-3-2-4-6-13/h2-8,10-11,14H,9H2,1H3,(H,18,20)/t14-/m1/s1. The van der Waals surface area contributed by atoms with Gasteiger partial charge in [0.05, 0.1) is 17.5 Å². The van der Waals surface area contributed by atoms with Crippen LogP contribution >= 0.6 is 0 Å². The van der Waals surface area contributed by atoms with Crippen molar-refractivity contribution in [1.82, 2.24) is 19.7 Å². The first kappa shape index (κ1) is 15.6. The highest BCUT2D eigenvalue weighted by Gasteiger charge is 2.16. The molecule has 0 radical (unpaired) electrons.